The second-order valence-corrected chi connectivity index (χ2v) is 19.2. The van der Waals surface area contributed by atoms with E-state index < -0.39 is 77.4 Å². The molecule has 4 bridgehead atoms. The molecule has 0 aliphatic carbocycles. The Kier molecular flexibility index (Phi) is 7.93. The smallest absolute Gasteiger partial charge is 0.323 e. The third-order valence-electron chi connectivity index (χ3n) is 9.46. The number of amides is 2. The Bertz CT molecular complexity index is 3050. The summed E-state index contributed by atoms with van der Waals surface area (Å²) in [5, 5.41) is 26.1. The number of phenolic OH excluding ortho intramolecular Hbond substituents is 2. The summed E-state index contributed by atoms with van der Waals surface area (Å²) in [6.07, 6.45) is 0. The van der Waals surface area contributed by atoms with Crippen LogP contribution in [0.5, 0.6) is 11.5 Å². The lowest BCUT2D eigenvalue weighted by Crippen LogP contribution is -2.22. The predicted molar refractivity (Wildman–Crippen MR) is 205 cm³/mol. The Balaban J connectivity index is 1.25. The van der Waals surface area contributed by atoms with E-state index in [0.717, 1.165) is 32.9 Å². The van der Waals surface area contributed by atoms with Crippen LogP contribution in [0, 0.1) is 13.8 Å². The lowest BCUT2D eigenvalue weighted by Gasteiger charge is -2.21. The molecule has 21 heteroatoms. The largest absolute Gasteiger partial charge is 0.507 e. The van der Waals surface area contributed by atoms with E-state index in [1.165, 1.54) is 74.5 Å². The van der Waals surface area contributed by atoms with Crippen molar-refractivity contribution in [1.29, 1.82) is 0 Å². The van der Waals surface area contributed by atoms with Crippen LogP contribution in [0.2, 0.25) is 0 Å². The van der Waals surface area contributed by atoms with Crippen LogP contribution in [0.3, 0.4) is 0 Å². The summed E-state index contributed by atoms with van der Waals surface area (Å²) in [7, 11) is -19.1. The Morgan fingerprint density at radius 1 is 0.554 bits per heavy atom. The average Bonchev–Trinajstić information content (AvgIpc) is 3.35. The molecule has 8 rings (SSSR count). The maximum absolute atomic E-state index is 14.3. The monoisotopic (exact) mass is 838 g/mol. The molecule has 6 aromatic rings. The van der Waals surface area contributed by atoms with Crippen molar-refractivity contribution in [2.45, 2.75) is 33.4 Å². The summed E-state index contributed by atoms with van der Waals surface area (Å²) >= 11 is 0. The number of nitrogens with zero attached hydrogens (tertiary/aromatic N) is 2. The minimum Gasteiger partial charge on any atom is -0.507 e. The molecular weight excluding hydrogens is 813 g/mol. The van der Waals surface area contributed by atoms with E-state index in [1.807, 2.05) is 0 Å². The minimum absolute atomic E-state index is 0.0700. The first-order chi connectivity index (χ1) is 26.1. The van der Waals surface area contributed by atoms with Crippen molar-refractivity contribution >= 4 is 102 Å². The first kappa shape index (κ1) is 37.0. The number of hydrogen-bond acceptors (Lipinski definition) is 11. The number of benzene rings is 6. The fourth-order valence-corrected chi connectivity index (χ4v) is 11.9. The van der Waals surface area contributed by atoms with Crippen LogP contribution in [0.1, 0.15) is 11.1 Å². The quantitative estimate of drug-likeness (QED) is 0.108. The molecule has 0 saturated heterocycles. The summed E-state index contributed by atoms with van der Waals surface area (Å²) in [4.78, 5) is 11.7. The molecule has 17 nitrogen and oxygen atoms in total. The Labute approximate surface area is 318 Å². The standard InChI is InChI=1S/C35H26N4O13S4/c1-17-9-11-25-31(33(17)53(43,44)38(25)27-15-19(55(47,48)49)13-23-21(27)5-3-7-29(23)40)36-35(42)37-32-26-12-10-18(2)34(32)54(45,46)39(26)28-16-20(56(50,51)52)14-24-22(28)6-4-8-30(24)41/h3-16,40-41H,1-2H3,(H2,36,37,42)(H,47,48,49)(H,50,51,52). The highest BCUT2D eigenvalue weighted by atomic mass is 32.2. The summed E-state index contributed by atoms with van der Waals surface area (Å²) in [5.41, 5.74) is -1.14. The fourth-order valence-electron chi connectivity index (χ4n) is 7.10. The van der Waals surface area contributed by atoms with E-state index in [-0.39, 0.29) is 66.8 Å². The molecule has 6 N–H and O–H groups in total. The average molecular weight is 839 g/mol. The van der Waals surface area contributed by atoms with Gasteiger partial charge in [-0.05, 0) is 73.5 Å². The SMILES string of the molecule is Cc1ccc2c(NC(=O)Nc3c4ccc(C)c3S(=O)(=O)N4c3cc(S(=O)(=O)O)cc4c(O)cccc34)c1S(=O)(=O)N2c1cc(S(=O)(=O)O)cc2c(O)cccc12. The highest BCUT2D eigenvalue weighted by Crippen LogP contribution is 2.53. The van der Waals surface area contributed by atoms with Crippen LogP contribution >= 0.6 is 0 Å². The van der Waals surface area contributed by atoms with Gasteiger partial charge in [0.15, 0.2) is 0 Å². The van der Waals surface area contributed by atoms with Crippen LogP contribution < -0.4 is 19.2 Å². The van der Waals surface area contributed by atoms with Crippen molar-refractivity contribution < 1.29 is 57.8 Å². The molecule has 0 saturated carbocycles. The zero-order valence-corrected chi connectivity index (χ0v) is 31.8. The molecule has 0 radical (unpaired) electrons. The van der Waals surface area contributed by atoms with E-state index in [2.05, 4.69) is 10.6 Å². The van der Waals surface area contributed by atoms with Crippen LogP contribution in [0.25, 0.3) is 21.5 Å². The van der Waals surface area contributed by atoms with Gasteiger partial charge >= 0.3 is 6.03 Å². The number of hydrogen-bond donors (Lipinski definition) is 6. The fraction of sp³-hybridized carbons (Fsp3) is 0.0571. The number of fused-ring (bicyclic) bond motifs is 6. The van der Waals surface area contributed by atoms with Crippen molar-refractivity contribution in [3.05, 3.63) is 96.1 Å². The van der Waals surface area contributed by atoms with Gasteiger partial charge in [-0.3, -0.25) is 9.11 Å². The van der Waals surface area contributed by atoms with Gasteiger partial charge in [0, 0.05) is 21.5 Å². The molecule has 6 aromatic carbocycles. The van der Waals surface area contributed by atoms with Crippen LogP contribution in [0.15, 0.2) is 105 Å². The number of sulfonamides is 2. The van der Waals surface area contributed by atoms with Crippen LogP contribution in [-0.4, -0.2) is 59.0 Å². The van der Waals surface area contributed by atoms with Gasteiger partial charge in [-0.2, -0.15) is 16.8 Å². The number of urea groups is 1. The second-order valence-electron chi connectivity index (χ2n) is 12.9. The lowest BCUT2D eigenvalue weighted by molar-refractivity contribution is 0.262. The predicted octanol–water partition coefficient (Wildman–Crippen LogP) is 5.84. The number of nitrogens with one attached hydrogen (secondary N) is 2. The molecule has 2 heterocycles. The van der Waals surface area contributed by atoms with Gasteiger partial charge < -0.3 is 20.8 Å². The zero-order valence-electron chi connectivity index (χ0n) is 28.6. The molecule has 0 atom stereocenters. The summed E-state index contributed by atoms with van der Waals surface area (Å²) in [6.45, 7) is 2.89. The third-order valence-corrected chi connectivity index (χ3v) is 15.0. The van der Waals surface area contributed by atoms with Crippen molar-refractivity contribution in [3.8, 4) is 11.5 Å². The van der Waals surface area contributed by atoms with Crippen molar-refractivity contribution in [1.82, 2.24) is 0 Å². The van der Waals surface area contributed by atoms with Gasteiger partial charge in [-0.25, -0.2) is 30.2 Å². The van der Waals surface area contributed by atoms with Gasteiger partial charge in [-0.15, -0.1) is 0 Å². The van der Waals surface area contributed by atoms with Gasteiger partial charge in [0.05, 0.1) is 43.9 Å². The molecule has 0 spiro atoms. The molecule has 2 aliphatic rings. The summed E-state index contributed by atoms with van der Waals surface area (Å²) in [6, 6.07) is 16.3. The molecule has 0 aromatic heterocycles. The van der Waals surface area contributed by atoms with Gasteiger partial charge in [0.25, 0.3) is 40.3 Å². The van der Waals surface area contributed by atoms with Gasteiger partial charge in [-0.1, -0.05) is 36.4 Å². The highest BCUT2D eigenvalue weighted by molar-refractivity contribution is 7.94. The molecular formula is C35H26N4O13S4. The van der Waals surface area contributed by atoms with E-state index in [0.29, 0.717) is 0 Å². The van der Waals surface area contributed by atoms with E-state index >= 15 is 0 Å². The van der Waals surface area contributed by atoms with Crippen molar-refractivity contribution in [3.63, 3.8) is 0 Å². The van der Waals surface area contributed by atoms with Gasteiger partial charge in [0.1, 0.15) is 21.3 Å². The molecule has 56 heavy (non-hydrogen) atoms. The summed E-state index contributed by atoms with van der Waals surface area (Å²) < 4.78 is 128. The van der Waals surface area contributed by atoms with E-state index in [1.54, 1.807) is 0 Å². The van der Waals surface area contributed by atoms with Crippen LogP contribution in [-0.2, 0) is 40.3 Å². The zero-order chi connectivity index (χ0) is 40.4. The minimum atomic E-state index is -4.93. The first-order valence-corrected chi connectivity index (χ1v) is 21.8. The van der Waals surface area contributed by atoms with Crippen LogP contribution in [0.4, 0.5) is 38.9 Å². The molecule has 0 fully saturated rings. The number of aryl methyl sites for hydroxylation is 2. The lowest BCUT2D eigenvalue weighted by atomic mass is 10.1. The number of rotatable bonds is 6. The van der Waals surface area contributed by atoms with E-state index in [9.17, 15) is 57.8 Å². The van der Waals surface area contributed by atoms with Crippen molar-refractivity contribution in [2.24, 2.45) is 0 Å². The number of phenols is 2. The Morgan fingerprint density at radius 2 is 0.929 bits per heavy atom. The Morgan fingerprint density at radius 3 is 1.29 bits per heavy atom. The molecule has 2 aliphatic heterocycles. The number of carbonyl (C=O) groups is 1. The third kappa shape index (κ3) is 5.42. The molecule has 288 valence electrons. The summed E-state index contributed by atoms with van der Waals surface area (Å²) in [5.74, 6) is -0.833. The van der Waals surface area contributed by atoms with Gasteiger partial charge in [0.2, 0.25) is 0 Å². The second kappa shape index (κ2) is 12.0. The first-order valence-electron chi connectivity index (χ1n) is 16.0. The highest BCUT2D eigenvalue weighted by Gasteiger charge is 2.44. The Hall–Kier alpha value is -5.97. The number of anilines is 6. The van der Waals surface area contributed by atoms with Crippen molar-refractivity contribution in [2.75, 3.05) is 19.2 Å². The van der Waals surface area contributed by atoms with E-state index in [4.69, 9.17) is 0 Å². The number of aromatic hydroxyl groups is 2. The maximum atomic E-state index is 14.3. The maximum Gasteiger partial charge on any atom is 0.323 e. The topological polar surface area (TPSA) is 265 Å². The number of carbonyl (C=O) groups excluding carboxylic acids is 1. The molecule has 0 unspecified atom stereocenters. The normalized spacial score (nSPS) is 15.4. The molecule has 2 amide bonds.